The van der Waals surface area contributed by atoms with E-state index >= 15 is 0 Å². The van der Waals surface area contributed by atoms with Gasteiger partial charge in [0.25, 0.3) is 0 Å². The van der Waals surface area contributed by atoms with E-state index in [4.69, 9.17) is 27.6 Å². The predicted molar refractivity (Wildman–Crippen MR) is 98.2 cm³/mol. The van der Waals surface area contributed by atoms with E-state index < -0.39 is 0 Å². The van der Waals surface area contributed by atoms with Crippen LogP contribution in [0.4, 0.5) is 0 Å². The molecule has 1 fully saturated rings. The molecule has 1 saturated carbocycles. The number of halogens is 2. The zero-order valence-corrected chi connectivity index (χ0v) is 14.7. The van der Waals surface area contributed by atoms with Crippen LogP contribution >= 0.6 is 23.2 Å². The SMILES string of the molecule is O=C(/C=C/c1ccc(-c2ccc(Cl)c(Cl)c2)o1)NC1CCCCC1. The highest BCUT2D eigenvalue weighted by atomic mass is 35.5. The third-order valence-electron chi connectivity index (χ3n) is 4.18. The van der Waals surface area contributed by atoms with Gasteiger partial charge in [-0.2, -0.15) is 0 Å². The Kier molecular flexibility index (Phi) is 5.64. The summed E-state index contributed by atoms with van der Waals surface area (Å²) in [6.45, 7) is 0. The number of amides is 1. The molecule has 0 unspecified atom stereocenters. The van der Waals surface area contributed by atoms with Gasteiger partial charge in [-0.05, 0) is 49.2 Å². The molecular formula is C19H19Cl2NO2. The summed E-state index contributed by atoms with van der Waals surface area (Å²) < 4.78 is 5.74. The maximum Gasteiger partial charge on any atom is 0.244 e. The van der Waals surface area contributed by atoms with Crippen LogP contribution in [0.25, 0.3) is 17.4 Å². The Morgan fingerprint density at radius 1 is 1.08 bits per heavy atom. The maximum absolute atomic E-state index is 12.0. The highest BCUT2D eigenvalue weighted by molar-refractivity contribution is 6.42. The van der Waals surface area contributed by atoms with Gasteiger partial charge in [-0.15, -0.1) is 0 Å². The molecule has 0 bridgehead atoms. The second-order valence-electron chi connectivity index (χ2n) is 6.01. The van der Waals surface area contributed by atoms with Crippen LogP contribution < -0.4 is 5.32 Å². The van der Waals surface area contributed by atoms with Gasteiger partial charge in [-0.25, -0.2) is 0 Å². The second kappa shape index (κ2) is 7.91. The molecule has 5 heteroatoms. The summed E-state index contributed by atoms with van der Waals surface area (Å²) in [5, 5.41) is 4.03. The van der Waals surface area contributed by atoms with Crippen molar-refractivity contribution < 1.29 is 9.21 Å². The van der Waals surface area contributed by atoms with Gasteiger partial charge in [0, 0.05) is 17.7 Å². The summed E-state index contributed by atoms with van der Waals surface area (Å²) in [6, 6.07) is 9.30. The smallest absolute Gasteiger partial charge is 0.244 e. The molecule has 1 heterocycles. The second-order valence-corrected chi connectivity index (χ2v) is 6.82. The maximum atomic E-state index is 12.0. The van der Waals surface area contributed by atoms with Gasteiger partial charge in [-0.3, -0.25) is 4.79 Å². The fourth-order valence-corrected chi connectivity index (χ4v) is 3.20. The number of nitrogens with one attached hydrogen (secondary N) is 1. The number of hydrogen-bond acceptors (Lipinski definition) is 2. The van der Waals surface area contributed by atoms with Crippen molar-refractivity contribution >= 4 is 35.2 Å². The summed E-state index contributed by atoms with van der Waals surface area (Å²) in [4.78, 5) is 12.0. The normalized spacial score (nSPS) is 15.8. The Hall–Kier alpha value is -1.71. The van der Waals surface area contributed by atoms with Gasteiger partial charge in [0.05, 0.1) is 10.0 Å². The van der Waals surface area contributed by atoms with Gasteiger partial charge < -0.3 is 9.73 Å². The van der Waals surface area contributed by atoms with Gasteiger partial charge >= 0.3 is 0 Å². The van der Waals surface area contributed by atoms with E-state index in [1.54, 1.807) is 18.2 Å². The van der Waals surface area contributed by atoms with Crippen LogP contribution in [0.2, 0.25) is 10.0 Å². The van der Waals surface area contributed by atoms with Crippen molar-refractivity contribution in [1.29, 1.82) is 0 Å². The zero-order chi connectivity index (χ0) is 16.9. The first kappa shape index (κ1) is 17.1. The third-order valence-corrected chi connectivity index (χ3v) is 4.92. The highest BCUT2D eigenvalue weighted by Gasteiger charge is 2.14. The van der Waals surface area contributed by atoms with Crippen LogP contribution in [0.1, 0.15) is 37.9 Å². The summed E-state index contributed by atoms with van der Waals surface area (Å²) in [6.07, 6.45) is 9.00. The molecule has 3 rings (SSSR count). The van der Waals surface area contributed by atoms with Crippen LogP contribution in [0.3, 0.4) is 0 Å². The lowest BCUT2D eigenvalue weighted by Crippen LogP contribution is -2.34. The minimum Gasteiger partial charge on any atom is -0.457 e. The van der Waals surface area contributed by atoms with Crippen molar-refractivity contribution in [3.63, 3.8) is 0 Å². The van der Waals surface area contributed by atoms with E-state index in [0.29, 0.717) is 27.6 Å². The van der Waals surface area contributed by atoms with Crippen molar-refractivity contribution in [2.45, 2.75) is 38.1 Å². The zero-order valence-electron chi connectivity index (χ0n) is 13.2. The average molecular weight is 364 g/mol. The molecule has 1 N–H and O–H groups in total. The molecule has 2 aromatic rings. The van der Waals surface area contributed by atoms with Crippen LogP contribution in [-0.2, 0) is 4.79 Å². The lowest BCUT2D eigenvalue weighted by Gasteiger charge is -2.21. The number of benzene rings is 1. The van der Waals surface area contributed by atoms with E-state index in [1.807, 2.05) is 18.2 Å². The Bertz CT molecular complexity index is 746. The monoisotopic (exact) mass is 363 g/mol. The first-order valence-corrected chi connectivity index (χ1v) is 8.91. The highest BCUT2D eigenvalue weighted by Crippen LogP contribution is 2.29. The van der Waals surface area contributed by atoms with E-state index in [2.05, 4.69) is 5.32 Å². The largest absolute Gasteiger partial charge is 0.457 e. The number of rotatable bonds is 4. The Morgan fingerprint density at radius 2 is 1.88 bits per heavy atom. The number of carbonyl (C=O) groups is 1. The Morgan fingerprint density at radius 3 is 2.62 bits per heavy atom. The van der Waals surface area contributed by atoms with E-state index in [-0.39, 0.29) is 5.91 Å². The molecule has 1 aliphatic carbocycles. The third kappa shape index (κ3) is 4.43. The number of carbonyl (C=O) groups excluding carboxylic acids is 1. The molecule has 24 heavy (non-hydrogen) atoms. The summed E-state index contributed by atoms with van der Waals surface area (Å²) >= 11 is 11.9. The fourth-order valence-electron chi connectivity index (χ4n) is 2.90. The standard InChI is InChI=1S/C19H19Cl2NO2/c20-16-9-6-13(12-17(16)21)18-10-7-15(24-18)8-11-19(23)22-14-4-2-1-3-5-14/h6-12,14H,1-5H2,(H,22,23)/b11-8+. The Labute approximate surface area is 151 Å². The van der Waals surface area contributed by atoms with E-state index in [1.165, 1.54) is 25.3 Å². The van der Waals surface area contributed by atoms with Gasteiger partial charge in [0.15, 0.2) is 0 Å². The molecule has 1 amide bonds. The summed E-state index contributed by atoms with van der Waals surface area (Å²) in [5.41, 5.74) is 0.843. The van der Waals surface area contributed by atoms with Crippen molar-refractivity contribution in [2.75, 3.05) is 0 Å². The van der Waals surface area contributed by atoms with Crippen LogP contribution in [-0.4, -0.2) is 11.9 Å². The number of hydrogen-bond donors (Lipinski definition) is 1. The average Bonchev–Trinajstić information content (AvgIpc) is 3.05. The molecule has 0 radical (unpaired) electrons. The molecule has 126 valence electrons. The molecule has 1 aliphatic rings. The molecule has 0 aliphatic heterocycles. The molecule has 1 aromatic heterocycles. The molecule has 0 saturated heterocycles. The van der Waals surface area contributed by atoms with Crippen molar-refractivity contribution in [3.8, 4) is 11.3 Å². The molecule has 0 atom stereocenters. The predicted octanol–water partition coefficient (Wildman–Crippen LogP) is 5.72. The van der Waals surface area contributed by atoms with Crippen LogP contribution in [0.15, 0.2) is 40.8 Å². The van der Waals surface area contributed by atoms with Crippen molar-refractivity contribution in [2.24, 2.45) is 0 Å². The molecule has 1 aromatic carbocycles. The fraction of sp³-hybridized carbons (Fsp3) is 0.316. The lowest BCUT2D eigenvalue weighted by molar-refractivity contribution is -0.117. The van der Waals surface area contributed by atoms with E-state index in [9.17, 15) is 4.79 Å². The molecule has 0 spiro atoms. The van der Waals surface area contributed by atoms with Crippen LogP contribution in [0.5, 0.6) is 0 Å². The topological polar surface area (TPSA) is 42.2 Å². The molecule has 3 nitrogen and oxygen atoms in total. The van der Waals surface area contributed by atoms with Gasteiger partial charge in [0.1, 0.15) is 11.5 Å². The Balaban J connectivity index is 1.62. The van der Waals surface area contributed by atoms with Gasteiger partial charge in [0.2, 0.25) is 5.91 Å². The van der Waals surface area contributed by atoms with Crippen LogP contribution in [0, 0.1) is 0 Å². The lowest BCUT2D eigenvalue weighted by atomic mass is 9.95. The van der Waals surface area contributed by atoms with Crippen molar-refractivity contribution in [3.05, 3.63) is 52.2 Å². The number of furan rings is 1. The minimum atomic E-state index is -0.0746. The van der Waals surface area contributed by atoms with Gasteiger partial charge in [-0.1, -0.05) is 42.5 Å². The van der Waals surface area contributed by atoms with E-state index in [0.717, 1.165) is 18.4 Å². The quantitative estimate of drug-likeness (QED) is 0.706. The molecular weight excluding hydrogens is 345 g/mol. The first-order chi connectivity index (χ1) is 11.6. The summed E-state index contributed by atoms with van der Waals surface area (Å²) in [7, 11) is 0. The first-order valence-electron chi connectivity index (χ1n) is 8.15. The summed E-state index contributed by atoms with van der Waals surface area (Å²) in [5.74, 6) is 1.23. The minimum absolute atomic E-state index is 0.0746. The van der Waals surface area contributed by atoms with Crippen molar-refractivity contribution in [1.82, 2.24) is 5.32 Å².